The molecule has 33 heavy (non-hydrogen) atoms. The first-order valence-electron chi connectivity index (χ1n) is 11.1. The summed E-state index contributed by atoms with van der Waals surface area (Å²) in [5.41, 5.74) is 9.27. The van der Waals surface area contributed by atoms with Crippen molar-refractivity contribution in [3.8, 4) is 0 Å². The molecule has 0 atom stereocenters. The van der Waals surface area contributed by atoms with Gasteiger partial charge in [-0.2, -0.15) is 9.97 Å². The van der Waals surface area contributed by atoms with Gasteiger partial charge in [-0.15, -0.1) is 0 Å². The summed E-state index contributed by atoms with van der Waals surface area (Å²) < 4.78 is 7.24. The Bertz CT molecular complexity index is 1100. The number of nitrogen functional groups attached to an aromatic ring is 1. The second-order valence-electron chi connectivity index (χ2n) is 8.60. The maximum Gasteiger partial charge on any atom is 0.407 e. The van der Waals surface area contributed by atoms with E-state index in [4.69, 9.17) is 22.1 Å². The van der Waals surface area contributed by atoms with Crippen LogP contribution in [-0.4, -0.2) is 46.3 Å². The summed E-state index contributed by atoms with van der Waals surface area (Å²) in [5, 5.41) is 3.48. The number of anilines is 2. The lowest BCUT2D eigenvalue weighted by Crippen LogP contribution is -2.24. The fourth-order valence-corrected chi connectivity index (χ4v) is 3.72. The highest BCUT2D eigenvalue weighted by molar-refractivity contribution is 6.32. The van der Waals surface area contributed by atoms with Gasteiger partial charge in [0.2, 0.25) is 5.95 Å². The zero-order chi connectivity index (χ0) is 24.0. The van der Waals surface area contributed by atoms with Crippen molar-refractivity contribution >= 4 is 40.6 Å². The van der Waals surface area contributed by atoms with E-state index >= 15 is 0 Å². The number of hydrogen-bond donors (Lipinski definition) is 2. The van der Waals surface area contributed by atoms with Gasteiger partial charge in [0.1, 0.15) is 5.52 Å². The number of fused-ring (bicyclic) bond motifs is 1. The molecule has 178 valence electrons. The van der Waals surface area contributed by atoms with Gasteiger partial charge in [0.05, 0.1) is 12.9 Å². The number of carbonyl (C=O) groups excluding carboxylic acids is 1. The average Bonchev–Trinajstić information content (AvgIpc) is 3.17. The summed E-state index contributed by atoms with van der Waals surface area (Å²) in [6.45, 7) is 5.64. The molecule has 3 N–H and O–H groups in total. The second kappa shape index (κ2) is 11.2. The van der Waals surface area contributed by atoms with E-state index in [1.807, 2.05) is 36.9 Å². The third-order valence-corrected chi connectivity index (χ3v) is 5.60. The van der Waals surface area contributed by atoms with Crippen molar-refractivity contribution < 1.29 is 9.53 Å². The monoisotopic (exact) mass is 473 g/mol. The van der Waals surface area contributed by atoms with Gasteiger partial charge in [0.15, 0.2) is 11.5 Å². The zero-order valence-electron chi connectivity index (χ0n) is 19.6. The van der Waals surface area contributed by atoms with E-state index in [-0.39, 0.29) is 0 Å². The van der Waals surface area contributed by atoms with E-state index in [2.05, 4.69) is 34.1 Å². The number of aromatic nitrogens is 4. The number of amides is 1. The van der Waals surface area contributed by atoms with Crippen LogP contribution in [0.1, 0.15) is 37.8 Å². The molecule has 0 aliphatic carbocycles. The van der Waals surface area contributed by atoms with Crippen LogP contribution in [0, 0.1) is 5.92 Å². The standard InChI is InChI=1S/C23H32ClN7O2/c1-15(2)12-16-8-7-9-17(18(16)24)13-26-23(32)33-11-6-5-10-31-14-27-19-20(25)28-22(30(3)4)29-21(19)31/h7-9,14-15H,5-6,10-13H2,1-4H3,(H,26,32)(H2,25,28,29). The Morgan fingerprint density at radius 3 is 2.73 bits per heavy atom. The molecule has 0 saturated heterocycles. The highest BCUT2D eigenvalue weighted by atomic mass is 35.5. The lowest BCUT2D eigenvalue weighted by atomic mass is 10.0. The number of carbonyl (C=O) groups is 1. The quantitative estimate of drug-likeness (QED) is 0.427. The maximum atomic E-state index is 12.1. The van der Waals surface area contributed by atoms with Crippen LogP contribution in [0.3, 0.4) is 0 Å². The number of aryl methyl sites for hydroxylation is 1. The molecule has 1 aromatic carbocycles. The number of unbranched alkanes of at least 4 members (excludes halogenated alkanes) is 1. The summed E-state index contributed by atoms with van der Waals surface area (Å²) in [7, 11) is 3.72. The molecule has 2 aromatic heterocycles. The number of nitrogens with two attached hydrogens (primary N) is 1. The van der Waals surface area contributed by atoms with Gasteiger partial charge in [0.25, 0.3) is 0 Å². The number of hydrogen-bond acceptors (Lipinski definition) is 7. The lowest BCUT2D eigenvalue weighted by molar-refractivity contribution is 0.143. The molecule has 0 aliphatic heterocycles. The molecular weight excluding hydrogens is 442 g/mol. The Morgan fingerprint density at radius 1 is 1.24 bits per heavy atom. The molecular formula is C23H32ClN7O2. The van der Waals surface area contributed by atoms with Crippen molar-refractivity contribution in [2.45, 2.75) is 46.2 Å². The van der Waals surface area contributed by atoms with Gasteiger partial charge in [-0.05, 0) is 36.3 Å². The van der Waals surface area contributed by atoms with Crippen molar-refractivity contribution in [1.82, 2.24) is 24.8 Å². The Hall–Kier alpha value is -3.07. The molecule has 9 nitrogen and oxygen atoms in total. The van der Waals surface area contributed by atoms with Gasteiger partial charge >= 0.3 is 6.09 Å². The Morgan fingerprint density at radius 2 is 2.00 bits per heavy atom. The highest BCUT2D eigenvalue weighted by Crippen LogP contribution is 2.24. The summed E-state index contributed by atoms with van der Waals surface area (Å²) in [6, 6.07) is 5.90. The number of nitrogens with one attached hydrogen (secondary N) is 1. The molecule has 10 heteroatoms. The molecule has 0 spiro atoms. The average molecular weight is 474 g/mol. The predicted octanol–water partition coefficient (Wildman–Crippen LogP) is 4.03. The molecule has 0 aliphatic rings. The number of alkyl carbamates (subject to hydrolysis) is 1. The fourth-order valence-electron chi connectivity index (χ4n) is 3.45. The minimum Gasteiger partial charge on any atom is -0.450 e. The van der Waals surface area contributed by atoms with Crippen molar-refractivity contribution in [1.29, 1.82) is 0 Å². The Labute approximate surface area is 199 Å². The number of benzene rings is 1. The predicted molar refractivity (Wildman–Crippen MR) is 131 cm³/mol. The number of ether oxygens (including phenoxy) is 1. The molecule has 3 rings (SSSR count). The molecule has 0 radical (unpaired) electrons. The summed E-state index contributed by atoms with van der Waals surface area (Å²) in [4.78, 5) is 27.0. The van der Waals surface area contributed by atoms with Crippen LogP contribution in [0.4, 0.5) is 16.6 Å². The van der Waals surface area contributed by atoms with E-state index in [1.165, 1.54) is 0 Å². The largest absolute Gasteiger partial charge is 0.450 e. The van der Waals surface area contributed by atoms with Crippen LogP contribution in [0.25, 0.3) is 11.2 Å². The van der Waals surface area contributed by atoms with Gasteiger partial charge in [0, 0.05) is 32.2 Å². The van der Waals surface area contributed by atoms with E-state index in [0.717, 1.165) is 24.0 Å². The fraction of sp³-hybridized carbons (Fsp3) is 0.478. The molecule has 0 saturated carbocycles. The van der Waals surface area contributed by atoms with Gasteiger partial charge in [-0.25, -0.2) is 9.78 Å². The van der Waals surface area contributed by atoms with Crippen LogP contribution >= 0.6 is 11.6 Å². The van der Waals surface area contributed by atoms with E-state index < -0.39 is 6.09 Å². The summed E-state index contributed by atoms with van der Waals surface area (Å²) in [6.07, 6.45) is 3.66. The number of nitrogens with zero attached hydrogens (tertiary/aromatic N) is 5. The number of imidazole rings is 1. The minimum atomic E-state index is -0.454. The third kappa shape index (κ3) is 6.47. The van der Waals surface area contributed by atoms with E-state index in [0.29, 0.717) is 60.0 Å². The number of rotatable bonds is 10. The first-order valence-corrected chi connectivity index (χ1v) is 11.5. The molecule has 0 fully saturated rings. The van der Waals surface area contributed by atoms with E-state index in [1.54, 1.807) is 11.2 Å². The van der Waals surface area contributed by atoms with Gasteiger partial charge < -0.3 is 25.3 Å². The third-order valence-electron chi connectivity index (χ3n) is 5.12. The molecule has 3 aromatic rings. The topological polar surface area (TPSA) is 111 Å². The first kappa shape index (κ1) is 24.6. The van der Waals surface area contributed by atoms with Gasteiger partial charge in [-0.1, -0.05) is 43.6 Å². The summed E-state index contributed by atoms with van der Waals surface area (Å²) >= 11 is 6.49. The second-order valence-corrected chi connectivity index (χ2v) is 8.98. The van der Waals surface area contributed by atoms with Crippen molar-refractivity contribution in [3.63, 3.8) is 0 Å². The Kier molecular flexibility index (Phi) is 8.32. The van der Waals surface area contributed by atoms with Crippen LogP contribution in [0.2, 0.25) is 5.02 Å². The summed E-state index contributed by atoms with van der Waals surface area (Å²) in [5.74, 6) is 1.41. The van der Waals surface area contributed by atoms with Crippen LogP contribution < -0.4 is 16.0 Å². The normalized spacial score (nSPS) is 11.2. The SMILES string of the molecule is CC(C)Cc1cccc(CNC(=O)OCCCCn2cnc3c(N)nc(N(C)C)nc32)c1Cl. The number of halogens is 1. The zero-order valence-corrected chi connectivity index (χ0v) is 20.4. The molecule has 1 amide bonds. The first-order chi connectivity index (χ1) is 15.8. The lowest BCUT2D eigenvalue weighted by Gasteiger charge is -2.12. The smallest absolute Gasteiger partial charge is 0.407 e. The maximum absolute atomic E-state index is 12.1. The molecule has 2 heterocycles. The molecule has 0 unspecified atom stereocenters. The van der Waals surface area contributed by atoms with Crippen molar-refractivity contribution in [2.24, 2.45) is 5.92 Å². The molecule has 0 bridgehead atoms. The van der Waals surface area contributed by atoms with Gasteiger partial charge in [-0.3, -0.25) is 0 Å². The minimum absolute atomic E-state index is 0.319. The highest BCUT2D eigenvalue weighted by Gasteiger charge is 2.13. The van der Waals surface area contributed by atoms with Crippen molar-refractivity contribution in [2.75, 3.05) is 31.3 Å². The van der Waals surface area contributed by atoms with Crippen LogP contribution in [-0.2, 0) is 24.2 Å². The van der Waals surface area contributed by atoms with E-state index in [9.17, 15) is 4.79 Å². The van der Waals surface area contributed by atoms with Crippen molar-refractivity contribution in [3.05, 3.63) is 40.7 Å². The van der Waals surface area contributed by atoms with Crippen LogP contribution in [0.15, 0.2) is 24.5 Å². The van der Waals surface area contributed by atoms with Crippen LogP contribution in [0.5, 0.6) is 0 Å². The Balaban J connectivity index is 1.43.